The highest BCUT2D eigenvalue weighted by Gasteiger charge is 2.24. The van der Waals surface area contributed by atoms with Crippen LogP contribution in [0.5, 0.6) is 0 Å². The predicted octanol–water partition coefficient (Wildman–Crippen LogP) is 3.17. The predicted molar refractivity (Wildman–Crippen MR) is 74.2 cm³/mol. The molecule has 2 nitrogen and oxygen atoms in total. The molecule has 3 heteroatoms. The van der Waals surface area contributed by atoms with Gasteiger partial charge in [-0.15, -0.1) is 0 Å². The van der Waals surface area contributed by atoms with E-state index in [0.717, 1.165) is 25.2 Å². The van der Waals surface area contributed by atoms with Crippen LogP contribution in [0.15, 0.2) is 24.3 Å². The number of halogens is 1. The molecule has 2 atom stereocenters. The van der Waals surface area contributed by atoms with Gasteiger partial charge in [0, 0.05) is 24.8 Å². The van der Waals surface area contributed by atoms with Crippen LogP contribution in [0.25, 0.3) is 0 Å². The molecule has 0 radical (unpaired) electrons. The number of hydrogen-bond donors (Lipinski definition) is 1. The Bertz CT molecular complexity index is 381. The van der Waals surface area contributed by atoms with E-state index in [-0.39, 0.29) is 11.9 Å². The van der Waals surface area contributed by atoms with E-state index < -0.39 is 0 Å². The first kappa shape index (κ1) is 13.3. The van der Waals surface area contributed by atoms with Gasteiger partial charge in [0.2, 0.25) is 0 Å². The maximum atomic E-state index is 13.3. The molecule has 0 bridgehead atoms. The van der Waals surface area contributed by atoms with Gasteiger partial charge in [-0.05, 0) is 37.0 Å². The molecule has 1 aromatic rings. The fourth-order valence-electron chi connectivity index (χ4n) is 2.83. The summed E-state index contributed by atoms with van der Waals surface area (Å²) < 4.78 is 13.3. The molecule has 0 saturated carbocycles. The lowest BCUT2D eigenvalue weighted by molar-refractivity contribution is 0.349. The summed E-state index contributed by atoms with van der Waals surface area (Å²) in [7, 11) is 0. The molecule has 1 aliphatic rings. The van der Waals surface area contributed by atoms with Gasteiger partial charge in [-0.2, -0.15) is 0 Å². The molecular formula is C15H23FN2. The number of nitrogens with zero attached hydrogens (tertiary/aromatic N) is 1. The zero-order valence-electron chi connectivity index (χ0n) is 11.1. The molecule has 100 valence electrons. The molecule has 0 amide bonds. The molecule has 0 spiro atoms. The van der Waals surface area contributed by atoms with Gasteiger partial charge >= 0.3 is 0 Å². The van der Waals surface area contributed by atoms with E-state index >= 15 is 0 Å². The number of anilines is 1. The van der Waals surface area contributed by atoms with Crippen molar-refractivity contribution in [1.29, 1.82) is 0 Å². The Hall–Kier alpha value is -1.09. The Morgan fingerprint density at radius 1 is 1.39 bits per heavy atom. The van der Waals surface area contributed by atoms with Crippen molar-refractivity contribution < 1.29 is 4.39 Å². The van der Waals surface area contributed by atoms with Crippen molar-refractivity contribution in [1.82, 2.24) is 0 Å². The van der Waals surface area contributed by atoms with Crippen LogP contribution >= 0.6 is 0 Å². The zero-order valence-corrected chi connectivity index (χ0v) is 11.1. The van der Waals surface area contributed by atoms with Crippen LogP contribution in [0.3, 0.4) is 0 Å². The lowest BCUT2D eigenvalue weighted by Gasteiger charge is -2.38. The number of unbranched alkanes of at least 4 members (excludes halogenated alkanes) is 1. The normalized spacial score (nSPS) is 24.3. The van der Waals surface area contributed by atoms with E-state index in [9.17, 15) is 4.39 Å². The summed E-state index contributed by atoms with van der Waals surface area (Å²) >= 11 is 0. The Balaban J connectivity index is 2.03. The summed E-state index contributed by atoms with van der Waals surface area (Å²) in [4.78, 5) is 2.23. The fraction of sp³-hybridized carbons (Fsp3) is 0.600. The van der Waals surface area contributed by atoms with Crippen LogP contribution in [0.2, 0.25) is 0 Å². The average Bonchev–Trinajstić information content (AvgIpc) is 2.36. The number of piperidine rings is 1. The summed E-state index contributed by atoms with van der Waals surface area (Å²) in [6.07, 6.45) is 4.82. The number of nitrogens with two attached hydrogens (primary N) is 1. The van der Waals surface area contributed by atoms with E-state index in [1.165, 1.54) is 25.3 Å². The minimum atomic E-state index is -0.170. The lowest BCUT2D eigenvalue weighted by atomic mass is 9.90. The van der Waals surface area contributed by atoms with E-state index in [2.05, 4.69) is 11.8 Å². The molecule has 1 heterocycles. The SMILES string of the molecule is CCCCC1CC(N)CN(c2cccc(F)c2)C1. The van der Waals surface area contributed by atoms with Crippen LogP contribution in [-0.2, 0) is 0 Å². The molecule has 18 heavy (non-hydrogen) atoms. The van der Waals surface area contributed by atoms with Crippen LogP contribution in [0.1, 0.15) is 32.6 Å². The van der Waals surface area contributed by atoms with Crippen molar-refractivity contribution in [3.63, 3.8) is 0 Å². The average molecular weight is 250 g/mol. The van der Waals surface area contributed by atoms with Gasteiger partial charge in [-0.3, -0.25) is 0 Å². The van der Waals surface area contributed by atoms with E-state index in [4.69, 9.17) is 5.73 Å². The zero-order chi connectivity index (χ0) is 13.0. The number of hydrogen-bond acceptors (Lipinski definition) is 2. The largest absolute Gasteiger partial charge is 0.370 e. The van der Waals surface area contributed by atoms with Gasteiger partial charge in [0.25, 0.3) is 0 Å². The Morgan fingerprint density at radius 3 is 2.94 bits per heavy atom. The maximum Gasteiger partial charge on any atom is 0.125 e. The van der Waals surface area contributed by atoms with Crippen molar-refractivity contribution in [3.05, 3.63) is 30.1 Å². The molecule has 0 aliphatic carbocycles. The topological polar surface area (TPSA) is 29.3 Å². The monoisotopic (exact) mass is 250 g/mol. The first-order chi connectivity index (χ1) is 8.69. The third-order valence-corrected chi connectivity index (χ3v) is 3.71. The Labute approximate surface area is 109 Å². The van der Waals surface area contributed by atoms with E-state index in [0.29, 0.717) is 5.92 Å². The van der Waals surface area contributed by atoms with Gasteiger partial charge in [0.05, 0.1) is 0 Å². The van der Waals surface area contributed by atoms with Crippen molar-refractivity contribution >= 4 is 5.69 Å². The summed E-state index contributed by atoms with van der Waals surface area (Å²) in [5.74, 6) is 0.480. The maximum absolute atomic E-state index is 13.3. The Morgan fingerprint density at radius 2 is 2.22 bits per heavy atom. The second kappa shape index (κ2) is 6.19. The van der Waals surface area contributed by atoms with Crippen LogP contribution in [0, 0.1) is 11.7 Å². The highest BCUT2D eigenvalue weighted by atomic mass is 19.1. The van der Waals surface area contributed by atoms with Crippen molar-refractivity contribution in [3.8, 4) is 0 Å². The second-order valence-electron chi connectivity index (χ2n) is 5.39. The molecule has 0 aromatic heterocycles. The molecule has 1 saturated heterocycles. The summed E-state index contributed by atoms with van der Waals surface area (Å²) in [5, 5.41) is 0. The quantitative estimate of drug-likeness (QED) is 0.889. The van der Waals surface area contributed by atoms with Gasteiger partial charge in [0.1, 0.15) is 5.82 Å². The van der Waals surface area contributed by atoms with Crippen molar-refractivity contribution in [2.24, 2.45) is 11.7 Å². The van der Waals surface area contributed by atoms with E-state index in [1.54, 1.807) is 12.1 Å². The van der Waals surface area contributed by atoms with Crippen LogP contribution in [0.4, 0.5) is 10.1 Å². The standard InChI is InChI=1S/C15H23FN2/c1-2-3-5-12-8-14(17)11-18(10-12)15-7-4-6-13(16)9-15/h4,6-7,9,12,14H,2-3,5,8,10-11,17H2,1H3. The van der Waals surface area contributed by atoms with Crippen molar-refractivity contribution in [2.45, 2.75) is 38.6 Å². The third kappa shape index (κ3) is 3.45. The van der Waals surface area contributed by atoms with Gasteiger partial charge in [-0.25, -0.2) is 4.39 Å². The van der Waals surface area contributed by atoms with Crippen LogP contribution in [-0.4, -0.2) is 19.1 Å². The summed E-state index contributed by atoms with van der Waals surface area (Å²) in [5.41, 5.74) is 7.09. The fourth-order valence-corrected chi connectivity index (χ4v) is 2.83. The smallest absolute Gasteiger partial charge is 0.125 e. The minimum Gasteiger partial charge on any atom is -0.370 e. The second-order valence-corrected chi connectivity index (χ2v) is 5.39. The highest BCUT2D eigenvalue weighted by Crippen LogP contribution is 2.26. The first-order valence-electron chi connectivity index (χ1n) is 6.95. The first-order valence-corrected chi connectivity index (χ1v) is 6.95. The summed E-state index contributed by atoms with van der Waals surface area (Å²) in [6, 6.07) is 7.05. The number of rotatable bonds is 4. The molecule has 1 fully saturated rings. The number of benzene rings is 1. The minimum absolute atomic E-state index is 0.170. The van der Waals surface area contributed by atoms with Gasteiger partial charge < -0.3 is 10.6 Å². The highest BCUT2D eigenvalue weighted by molar-refractivity contribution is 5.47. The molecular weight excluding hydrogens is 227 g/mol. The Kier molecular flexibility index (Phi) is 4.59. The van der Waals surface area contributed by atoms with Crippen molar-refractivity contribution in [2.75, 3.05) is 18.0 Å². The van der Waals surface area contributed by atoms with Gasteiger partial charge in [0.15, 0.2) is 0 Å². The molecule has 2 rings (SSSR count). The molecule has 2 unspecified atom stereocenters. The molecule has 1 aliphatic heterocycles. The molecule has 1 aromatic carbocycles. The lowest BCUT2D eigenvalue weighted by Crippen LogP contribution is -2.47. The summed E-state index contributed by atoms with van der Waals surface area (Å²) in [6.45, 7) is 4.07. The van der Waals surface area contributed by atoms with Gasteiger partial charge in [-0.1, -0.05) is 25.8 Å². The van der Waals surface area contributed by atoms with E-state index in [1.807, 2.05) is 6.07 Å². The van der Waals surface area contributed by atoms with Crippen LogP contribution < -0.4 is 10.6 Å². The molecule has 2 N–H and O–H groups in total. The third-order valence-electron chi connectivity index (χ3n) is 3.71.